The molecule has 0 aliphatic carbocycles. The van der Waals surface area contributed by atoms with E-state index < -0.39 is 5.82 Å². The van der Waals surface area contributed by atoms with E-state index in [2.05, 4.69) is 15.1 Å². The molecule has 26 heavy (non-hydrogen) atoms. The Morgan fingerprint density at radius 3 is 2.65 bits per heavy atom. The van der Waals surface area contributed by atoms with Crippen LogP contribution in [0.1, 0.15) is 5.56 Å². The van der Waals surface area contributed by atoms with Crippen molar-refractivity contribution in [3.05, 3.63) is 46.9 Å². The molecule has 0 saturated carbocycles. The topological polar surface area (TPSA) is 52.6 Å². The second kappa shape index (κ2) is 7.86. The van der Waals surface area contributed by atoms with E-state index in [-0.39, 0.29) is 22.9 Å². The lowest BCUT2D eigenvalue weighted by molar-refractivity contribution is -0.130. The molecule has 6 nitrogen and oxygen atoms in total. The van der Waals surface area contributed by atoms with Gasteiger partial charge in [-0.3, -0.25) is 4.79 Å². The van der Waals surface area contributed by atoms with Crippen LogP contribution in [0.5, 0.6) is 0 Å². The largest absolute Gasteiger partial charge is 0.376 e. The summed E-state index contributed by atoms with van der Waals surface area (Å²) < 4.78 is 13.9. The molecule has 1 aliphatic rings. The van der Waals surface area contributed by atoms with Crippen molar-refractivity contribution < 1.29 is 9.18 Å². The van der Waals surface area contributed by atoms with E-state index in [1.165, 1.54) is 12.1 Å². The number of rotatable bonds is 4. The monoisotopic (exact) mass is 377 g/mol. The van der Waals surface area contributed by atoms with Crippen molar-refractivity contribution in [2.24, 2.45) is 0 Å². The number of benzene rings is 1. The third-order valence-corrected chi connectivity index (χ3v) is 4.84. The Balaban J connectivity index is 1.61. The quantitative estimate of drug-likeness (QED) is 0.817. The number of carbonyl (C=O) groups excluding carboxylic acids is 1. The van der Waals surface area contributed by atoms with Crippen LogP contribution in [0.2, 0.25) is 5.02 Å². The van der Waals surface area contributed by atoms with Crippen LogP contribution in [0.4, 0.5) is 15.9 Å². The zero-order valence-electron chi connectivity index (χ0n) is 14.8. The summed E-state index contributed by atoms with van der Waals surface area (Å²) in [6, 6.07) is 6.43. The normalized spacial score (nSPS) is 14.5. The maximum atomic E-state index is 13.9. The molecule has 1 aliphatic heterocycles. The molecule has 3 rings (SSSR count). The summed E-state index contributed by atoms with van der Waals surface area (Å²) in [6.45, 7) is 2.42. The van der Waals surface area contributed by atoms with Crippen LogP contribution >= 0.6 is 11.6 Å². The van der Waals surface area contributed by atoms with Gasteiger partial charge in [0.2, 0.25) is 5.91 Å². The molecule has 1 saturated heterocycles. The Bertz CT molecular complexity index is 773. The zero-order valence-corrected chi connectivity index (χ0v) is 15.6. The number of nitrogens with zero attached hydrogens (tertiary/aromatic N) is 5. The molecule has 8 heteroatoms. The highest BCUT2D eigenvalue weighted by Crippen LogP contribution is 2.22. The van der Waals surface area contributed by atoms with Gasteiger partial charge in [0.15, 0.2) is 5.82 Å². The number of hydrogen-bond donors (Lipinski definition) is 0. The van der Waals surface area contributed by atoms with Crippen LogP contribution in [0, 0.1) is 5.82 Å². The maximum Gasteiger partial charge on any atom is 0.227 e. The van der Waals surface area contributed by atoms with E-state index >= 15 is 0 Å². The predicted octanol–water partition coefficient (Wildman–Crippen LogP) is 2.23. The van der Waals surface area contributed by atoms with Gasteiger partial charge in [0, 0.05) is 56.9 Å². The van der Waals surface area contributed by atoms with Gasteiger partial charge >= 0.3 is 0 Å². The summed E-state index contributed by atoms with van der Waals surface area (Å²) >= 11 is 6.02. The molecule has 0 radical (unpaired) electrons. The lowest BCUT2D eigenvalue weighted by Gasteiger charge is -2.35. The van der Waals surface area contributed by atoms with Crippen LogP contribution in [-0.4, -0.2) is 61.3 Å². The highest BCUT2D eigenvalue weighted by Gasteiger charge is 2.24. The average molecular weight is 378 g/mol. The van der Waals surface area contributed by atoms with E-state index in [1.807, 2.05) is 25.1 Å². The smallest absolute Gasteiger partial charge is 0.227 e. The van der Waals surface area contributed by atoms with Crippen LogP contribution in [0.3, 0.4) is 0 Å². The molecule has 1 amide bonds. The standard InChI is InChI=1S/C18H21ClFN5O/c1-23(2)13-10-17(22-21-12-13)24-6-8-25(9-7-24)18(26)11-14-15(19)4-3-5-16(14)20/h3-5,10,12H,6-9,11H2,1-2H3. The van der Waals surface area contributed by atoms with Crippen molar-refractivity contribution in [3.8, 4) is 0 Å². The van der Waals surface area contributed by atoms with E-state index in [9.17, 15) is 9.18 Å². The number of anilines is 2. The lowest BCUT2D eigenvalue weighted by Crippen LogP contribution is -2.49. The van der Waals surface area contributed by atoms with Crippen LogP contribution in [0.15, 0.2) is 30.5 Å². The Kier molecular flexibility index (Phi) is 5.56. The molecule has 0 unspecified atom stereocenters. The molecular formula is C18H21ClFN5O. The van der Waals surface area contributed by atoms with Gasteiger partial charge < -0.3 is 14.7 Å². The first-order valence-corrected chi connectivity index (χ1v) is 8.79. The predicted molar refractivity (Wildman–Crippen MR) is 100 cm³/mol. The Hall–Kier alpha value is -2.41. The second-order valence-corrected chi connectivity index (χ2v) is 6.82. The summed E-state index contributed by atoms with van der Waals surface area (Å²) in [7, 11) is 3.90. The van der Waals surface area contributed by atoms with Gasteiger partial charge in [0.25, 0.3) is 0 Å². The first-order valence-electron chi connectivity index (χ1n) is 8.41. The number of carbonyl (C=O) groups is 1. The average Bonchev–Trinajstić information content (AvgIpc) is 2.65. The number of piperazine rings is 1. The van der Waals surface area contributed by atoms with Crippen molar-refractivity contribution in [3.63, 3.8) is 0 Å². The third-order valence-electron chi connectivity index (χ3n) is 4.49. The maximum absolute atomic E-state index is 13.9. The third kappa shape index (κ3) is 4.04. The minimum absolute atomic E-state index is 0.0264. The van der Waals surface area contributed by atoms with Crippen molar-refractivity contribution in [2.45, 2.75) is 6.42 Å². The minimum atomic E-state index is -0.444. The van der Waals surface area contributed by atoms with Gasteiger partial charge in [0.1, 0.15) is 5.82 Å². The van der Waals surface area contributed by atoms with Crippen molar-refractivity contribution in [2.75, 3.05) is 50.1 Å². The van der Waals surface area contributed by atoms with Crippen molar-refractivity contribution in [1.29, 1.82) is 0 Å². The Labute approximate surface area is 157 Å². The van der Waals surface area contributed by atoms with Crippen molar-refractivity contribution in [1.82, 2.24) is 15.1 Å². The zero-order chi connectivity index (χ0) is 18.7. The molecule has 0 bridgehead atoms. The minimum Gasteiger partial charge on any atom is -0.376 e. The molecule has 1 aromatic carbocycles. The summed E-state index contributed by atoms with van der Waals surface area (Å²) in [5.74, 6) is 0.227. The molecule has 138 valence electrons. The van der Waals surface area contributed by atoms with E-state index in [4.69, 9.17) is 11.6 Å². The highest BCUT2D eigenvalue weighted by molar-refractivity contribution is 6.31. The Morgan fingerprint density at radius 2 is 2.00 bits per heavy atom. The summed E-state index contributed by atoms with van der Waals surface area (Å²) in [4.78, 5) is 18.3. The number of halogens is 2. The molecule has 0 spiro atoms. The Morgan fingerprint density at radius 1 is 1.27 bits per heavy atom. The van der Waals surface area contributed by atoms with Gasteiger partial charge in [-0.05, 0) is 12.1 Å². The second-order valence-electron chi connectivity index (χ2n) is 6.41. The van der Waals surface area contributed by atoms with Gasteiger partial charge in [0.05, 0.1) is 18.3 Å². The first-order chi connectivity index (χ1) is 12.5. The molecule has 0 atom stereocenters. The summed E-state index contributed by atoms with van der Waals surface area (Å²) in [5.41, 5.74) is 1.23. The number of amides is 1. The molecule has 0 N–H and O–H groups in total. The molecule has 1 aromatic heterocycles. The van der Waals surface area contributed by atoms with Crippen LogP contribution < -0.4 is 9.80 Å². The highest BCUT2D eigenvalue weighted by atomic mass is 35.5. The van der Waals surface area contributed by atoms with E-state index in [0.717, 1.165) is 11.5 Å². The SMILES string of the molecule is CN(C)c1cnnc(N2CCN(C(=O)Cc3c(F)cccc3Cl)CC2)c1. The van der Waals surface area contributed by atoms with Crippen LogP contribution in [0.25, 0.3) is 0 Å². The summed E-state index contributed by atoms with van der Waals surface area (Å²) in [5, 5.41) is 8.51. The molecule has 1 fully saturated rings. The van der Waals surface area contributed by atoms with E-state index in [1.54, 1.807) is 17.2 Å². The molecular weight excluding hydrogens is 357 g/mol. The van der Waals surface area contributed by atoms with Crippen molar-refractivity contribution >= 4 is 29.0 Å². The fraction of sp³-hybridized carbons (Fsp3) is 0.389. The van der Waals surface area contributed by atoms with Crippen LogP contribution in [-0.2, 0) is 11.2 Å². The fourth-order valence-corrected chi connectivity index (χ4v) is 3.12. The lowest BCUT2D eigenvalue weighted by atomic mass is 10.1. The fourth-order valence-electron chi connectivity index (χ4n) is 2.89. The first kappa shape index (κ1) is 18.4. The van der Waals surface area contributed by atoms with Gasteiger partial charge in [-0.1, -0.05) is 17.7 Å². The molecule has 2 aromatic rings. The molecule has 2 heterocycles. The van der Waals surface area contributed by atoms with Gasteiger partial charge in [-0.2, -0.15) is 5.10 Å². The van der Waals surface area contributed by atoms with Gasteiger partial charge in [-0.15, -0.1) is 5.10 Å². The number of hydrogen-bond acceptors (Lipinski definition) is 5. The van der Waals surface area contributed by atoms with Gasteiger partial charge in [-0.25, -0.2) is 4.39 Å². The summed E-state index contributed by atoms with van der Waals surface area (Å²) in [6.07, 6.45) is 1.68. The van der Waals surface area contributed by atoms with E-state index in [0.29, 0.717) is 26.2 Å². The number of aromatic nitrogens is 2.